The molecule has 2 aromatic rings. The second kappa shape index (κ2) is 4.19. The molecule has 1 saturated carbocycles. The number of pyridine rings is 2. The largest absolute Gasteiger partial charge is 0.465 e. The van der Waals surface area contributed by atoms with Crippen LogP contribution >= 0.6 is 0 Å². The summed E-state index contributed by atoms with van der Waals surface area (Å²) in [6, 6.07) is 3.84. The molecule has 0 unspecified atom stereocenters. The van der Waals surface area contributed by atoms with Gasteiger partial charge in [0.05, 0.1) is 12.5 Å². The van der Waals surface area contributed by atoms with Crippen molar-refractivity contribution >= 4 is 17.0 Å². The lowest BCUT2D eigenvalue weighted by Gasteiger charge is -2.11. The molecule has 0 aromatic carbocycles. The first-order chi connectivity index (χ1) is 9.11. The van der Waals surface area contributed by atoms with Gasteiger partial charge in [-0.2, -0.15) is 0 Å². The predicted molar refractivity (Wildman–Crippen MR) is 70.4 cm³/mol. The highest BCUT2D eigenvalue weighted by Crippen LogP contribution is 2.36. The van der Waals surface area contributed by atoms with Gasteiger partial charge in [0.15, 0.2) is 0 Å². The molecule has 5 nitrogen and oxygen atoms in total. The molecule has 1 aliphatic carbocycles. The molecule has 5 heteroatoms. The summed E-state index contributed by atoms with van der Waals surface area (Å²) in [5.74, 6) is -0.595. The van der Waals surface area contributed by atoms with Crippen LogP contribution in [-0.2, 0) is 4.74 Å². The molecule has 0 spiro atoms. The fourth-order valence-electron chi connectivity index (χ4n) is 2.21. The van der Waals surface area contributed by atoms with E-state index in [0.717, 1.165) is 18.5 Å². The van der Waals surface area contributed by atoms with Gasteiger partial charge in [-0.05, 0) is 31.9 Å². The van der Waals surface area contributed by atoms with Gasteiger partial charge in [-0.1, -0.05) is 0 Å². The van der Waals surface area contributed by atoms with E-state index in [1.807, 2.05) is 11.5 Å². The third-order valence-electron chi connectivity index (χ3n) is 3.36. The molecular weight excluding hydrogens is 244 g/mol. The number of hydrogen-bond donors (Lipinski definition) is 0. The standard InChI is InChI=1S/C14H14N2O3/c1-8-3-6-10-12(17)11(14(18)19-2)7-16(9-4-5-9)13(10)15-8/h3,6-7,9H,4-5H2,1-2H3. The number of nitrogens with zero attached hydrogens (tertiary/aromatic N) is 2. The number of carbonyl (C=O) groups excluding carboxylic acids is 1. The summed E-state index contributed by atoms with van der Waals surface area (Å²) < 4.78 is 6.60. The van der Waals surface area contributed by atoms with Gasteiger partial charge in [-0.3, -0.25) is 4.79 Å². The van der Waals surface area contributed by atoms with Gasteiger partial charge in [0.1, 0.15) is 11.2 Å². The summed E-state index contributed by atoms with van der Waals surface area (Å²) in [5.41, 5.74) is 1.27. The van der Waals surface area contributed by atoms with Crippen LogP contribution in [0.5, 0.6) is 0 Å². The maximum atomic E-state index is 12.3. The van der Waals surface area contributed by atoms with Crippen LogP contribution in [0.3, 0.4) is 0 Å². The van der Waals surface area contributed by atoms with Crippen LogP contribution in [0.15, 0.2) is 23.1 Å². The van der Waals surface area contributed by atoms with E-state index >= 15 is 0 Å². The summed E-state index contributed by atoms with van der Waals surface area (Å²) >= 11 is 0. The predicted octanol–water partition coefficient (Wildman–Crippen LogP) is 1.83. The van der Waals surface area contributed by atoms with E-state index < -0.39 is 5.97 Å². The van der Waals surface area contributed by atoms with Crippen LogP contribution in [-0.4, -0.2) is 22.6 Å². The lowest BCUT2D eigenvalue weighted by molar-refractivity contribution is 0.0598. The van der Waals surface area contributed by atoms with Crippen molar-refractivity contribution in [2.24, 2.45) is 0 Å². The lowest BCUT2D eigenvalue weighted by atomic mass is 10.2. The zero-order valence-electron chi connectivity index (χ0n) is 10.8. The van der Waals surface area contributed by atoms with Gasteiger partial charge in [-0.15, -0.1) is 0 Å². The molecule has 0 radical (unpaired) electrons. The van der Waals surface area contributed by atoms with Gasteiger partial charge in [0, 0.05) is 17.9 Å². The number of hydrogen-bond acceptors (Lipinski definition) is 4. The highest BCUT2D eigenvalue weighted by atomic mass is 16.5. The Morgan fingerprint density at radius 2 is 2.16 bits per heavy atom. The number of aromatic nitrogens is 2. The molecule has 3 rings (SSSR count). The molecule has 0 amide bonds. The Hall–Kier alpha value is -2.17. The number of ether oxygens (including phenoxy) is 1. The van der Waals surface area contributed by atoms with Crippen molar-refractivity contribution in [3.63, 3.8) is 0 Å². The van der Waals surface area contributed by atoms with Crippen molar-refractivity contribution in [1.29, 1.82) is 0 Å². The van der Waals surface area contributed by atoms with E-state index in [2.05, 4.69) is 9.72 Å². The molecule has 98 valence electrons. The van der Waals surface area contributed by atoms with Crippen LogP contribution in [0.4, 0.5) is 0 Å². The summed E-state index contributed by atoms with van der Waals surface area (Å²) in [5, 5.41) is 0.473. The van der Waals surface area contributed by atoms with Crippen LogP contribution in [0.2, 0.25) is 0 Å². The van der Waals surface area contributed by atoms with Crippen molar-refractivity contribution in [2.45, 2.75) is 25.8 Å². The SMILES string of the molecule is COC(=O)c1cn(C2CC2)c2nc(C)ccc2c1=O. The van der Waals surface area contributed by atoms with Crippen LogP contribution in [0, 0.1) is 6.92 Å². The highest BCUT2D eigenvalue weighted by molar-refractivity contribution is 5.93. The van der Waals surface area contributed by atoms with E-state index in [4.69, 9.17) is 0 Å². The number of fused-ring (bicyclic) bond motifs is 1. The average Bonchev–Trinajstić information content (AvgIpc) is 3.22. The van der Waals surface area contributed by atoms with Crippen LogP contribution in [0.25, 0.3) is 11.0 Å². The molecule has 1 fully saturated rings. The third kappa shape index (κ3) is 1.91. The van der Waals surface area contributed by atoms with E-state index in [9.17, 15) is 9.59 Å². The molecule has 0 saturated heterocycles. The van der Waals surface area contributed by atoms with Crippen molar-refractivity contribution in [1.82, 2.24) is 9.55 Å². The van der Waals surface area contributed by atoms with Crippen LogP contribution in [0.1, 0.15) is 34.9 Å². The quantitative estimate of drug-likeness (QED) is 0.771. The molecule has 0 N–H and O–H groups in total. The molecule has 19 heavy (non-hydrogen) atoms. The van der Waals surface area contributed by atoms with Gasteiger partial charge >= 0.3 is 5.97 Å². The van der Waals surface area contributed by atoms with Gasteiger partial charge in [0.25, 0.3) is 0 Å². The Kier molecular flexibility index (Phi) is 2.62. The third-order valence-corrected chi connectivity index (χ3v) is 3.36. The number of carbonyl (C=O) groups is 1. The van der Waals surface area contributed by atoms with Crippen molar-refractivity contribution < 1.29 is 9.53 Å². The summed E-state index contributed by atoms with van der Waals surface area (Å²) in [6.45, 7) is 1.88. The Morgan fingerprint density at radius 1 is 1.42 bits per heavy atom. The maximum absolute atomic E-state index is 12.3. The van der Waals surface area contributed by atoms with Gasteiger partial charge in [-0.25, -0.2) is 9.78 Å². The fraction of sp³-hybridized carbons (Fsp3) is 0.357. The maximum Gasteiger partial charge on any atom is 0.343 e. The topological polar surface area (TPSA) is 61.2 Å². The minimum absolute atomic E-state index is 0.0764. The molecule has 2 aromatic heterocycles. The van der Waals surface area contributed by atoms with Crippen molar-refractivity contribution in [2.75, 3.05) is 7.11 Å². The molecule has 0 bridgehead atoms. The zero-order chi connectivity index (χ0) is 13.6. The zero-order valence-corrected chi connectivity index (χ0v) is 10.8. The summed E-state index contributed by atoms with van der Waals surface area (Å²) in [7, 11) is 1.28. The highest BCUT2D eigenvalue weighted by Gasteiger charge is 2.27. The Bertz CT molecular complexity index is 729. The van der Waals surface area contributed by atoms with E-state index in [0.29, 0.717) is 17.1 Å². The summed E-state index contributed by atoms with van der Waals surface area (Å²) in [6.07, 6.45) is 3.68. The number of esters is 1. The number of aryl methyl sites for hydroxylation is 1. The van der Waals surface area contributed by atoms with Crippen LogP contribution < -0.4 is 5.43 Å². The normalized spacial score (nSPS) is 14.6. The van der Waals surface area contributed by atoms with Gasteiger partial charge < -0.3 is 9.30 Å². The Balaban J connectivity index is 2.37. The average molecular weight is 258 g/mol. The van der Waals surface area contributed by atoms with E-state index in [1.165, 1.54) is 7.11 Å². The van der Waals surface area contributed by atoms with Crippen molar-refractivity contribution in [3.05, 3.63) is 39.8 Å². The van der Waals surface area contributed by atoms with E-state index in [1.54, 1.807) is 18.3 Å². The summed E-state index contributed by atoms with van der Waals surface area (Å²) in [4.78, 5) is 28.4. The molecule has 1 aliphatic rings. The monoisotopic (exact) mass is 258 g/mol. The molecular formula is C14H14N2O3. The molecule has 0 aliphatic heterocycles. The van der Waals surface area contributed by atoms with E-state index in [-0.39, 0.29) is 11.0 Å². The fourth-order valence-corrected chi connectivity index (χ4v) is 2.21. The first kappa shape index (κ1) is 11.9. The Morgan fingerprint density at radius 3 is 2.79 bits per heavy atom. The molecule has 2 heterocycles. The number of methoxy groups -OCH3 is 1. The lowest BCUT2D eigenvalue weighted by Crippen LogP contribution is -2.20. The second-order valence-corrected chi connectivity index (χ2v) is 4.83. The first-order valence-electron chi connectivity index (χ1n) is 6.22. The first-order valence-corrected chi connectivity index (χ1v) is 6.22. The second-order valence-electron chi connectivity index (χ2n) is 4.83. The van der Waals surface area contributed by atoms with Crippen molar-refractivity contribution in [3.8, 4) is 0 Å². The Labute approximate surface area is 109 Å². The van der Waals surface area contributed by atoms with Gasteiger partial charge in [0.2, 0.25) is 5.43 Å². The smallest absolute Gasteiger partial charge is 0.343 e. The number of rotatable bonds is 2. The molecule has 0 atom stereocenters. The minimum Gasteiger partial charge on any atom is -0.465 e. The minimum atomic E-state index is -0.595.